The lowest BCUT2D eigenvalue weighted by Gasteiger charge is -2.12. The Kier molecular flexibility index (Phi) is 4.27. The molecule has 2 rings (SSSR count). The fourth-order valence-corrected chi connectivity index (χ4v) is 2.18. The molecule has 102 valence electrons. The van der Waals surface area contributed by atoms with Gasteiger partial charge in [0.2, 0.25) is 0 Å². The molecule has 0 spiro atoms. The van der Waals surface area contributed by atoms with Crippen molar-refractivity contribution < 1.29 is 18.3 Å². The van der Waals surface area contributed by atoms with Crippen LogP contribution in [0.1, 0.15) is 24.4 Å². The van der Waals surface area contributed by atoms with Crippen LogP contribution in [0, 0.1) is 11.6 Å². The number of nitrogens with one attached hydrogen (secondary N) is 1. The van der Waals surface area contributed by atoms with Crippen LogP contribution in [-0.4, -0.2) is 19.1 Å². The second kappa shape index (κ2) is 5.93. The Labute approximate surface area is 110 Å². The lowest BCUT2D eigenvalue weighted by molar-refractivity contribution is -0.134. The summed E-state index contributed by atoms with van der Waals surface area (Å²) in [5, 5.41) is 3.25. The fraction of sp³-hybridized carbons (Fsp3) is 0.357. The van der Waals surface area contributed by atoms with Crippen LogP contribution in [0.3, 0.4) is 0 Å². The van der Waals surface area contributed by atoms with Crippen molar-refractivity contribution in [2.75, 3.05) is 7.11 Å². The summed E-state index contributed by atoms with van der Waals surface area (Å²) in [6.07, 6.45) is 4.73. The molecular formula is C14H15F2NO2. The Bertz CT molecular complexity index is 502. The van der Waals surface area contributed by atoms with Crippen molar-refractivity contribution in [1.82, 2.24) is 5.32 Å². The van der Waals surface area contributed by atoms with Gasteiger partial charge in [0.15, 0.2) is 11.6 Å². The number of hydrogen-bond acceptors (Lipinski definition) is 3. The minimum atomic E-state index is -0.844. The number of halogens is 2. The fourth-order valence-electron chi connectivity index (χ4n) is 2.18. The normalized spacial score (nSPS) is 22.9. The maximum absolute atomic E-state index is 13.2. The van der Waals surface area contributed by atoms with E-state index in [4.69, 9.17) is 0 Å². The third kappa shape index (κ3) is 3.38. The number of benzene rings is 1. The summed E-state index contributed by atoms with van der Waals surface area (Å²) in [5.41, 5.74) is 0.716. The van der Waals surface area contributed by atoms with Crippen LogP contribution in [0.5, 0.6) is 0 Å². The van der Waals surface area contributed by atoms with E-state index in [-0.39, 0.29) is 12.1 Å². The van der Waals surface area contributed by atoms with Gasteiger partial charge in [0, 0.05) is 18.2 Å². The molecule has 0 saturated carbocycles. The van der Waals surface area contributed by atoms with Crippen LogP contribution in [0.15, 0.2) is 30.4 Å². The van der Waals surface area contributed by atoms with E-state index in [9.17, 15) is 13.6 Å². The second-order valence-electron chi connectivity index (χ2n) is 4.46. The number of ether oxygens (including phenoxy) is 1. The standard InChI is InChI=1S/C14H15F2NO2/c1-19-14(18)7-4-10-3-6-13(17-10)9-2-5-11(15)12(16)8-9/h2,4-5,7-8,10,13,17H,3,6H2,1H3/b7-4+/t10-,13+/m0/s1. The zero-order valence-electron chi connectivity index (χ0n) is 10.5. The summed E-state index contributed by atoms with van der Waals surface area (Å²) in [6.45, 7) is 0. The van der Waals surface area contributed by atoms with Gasteiger partial charge < -0.3 is 10.1 Å². The second-order valence-corrected chi connectivity index (χ2v) is 4.46. The van der Waals surface area contributed by atoms with E-state index >= 15 is 0 Å². The number of carbonyl (C=O) groups is 1. The van der Waals surface area contributed by atoms with Crippen molar-refractivity contribution in [3.63, 3.8) is 0 Å². The molecule has 0 aliphatic carbocycles. The molecule has 1 aliphatic heterocycles. The molecule has 1 saturated heterocycles. The molecule has 1 aliphatic rings. The van der Waals surface area contributed by atoms with Crippen LogP contribution in [0.25, 0.3) is 0 Å². The molecule has 1 aromatic carbocycles. The zero-order chi connectivity index (χ0) is 13.8. The van der Waals surface area contributed by atoms with Crippen molar-refractivity contribution >= 4 is 5.97 Å². The first kappa shape index (κ1) is 13.7. The Morgan fingerprint density at radius 3 is 2.84 bits per heavy atom. The van der Waals surface area contributed by atoms with Crippen molar-refractivity contribution in [2.24, 2.45) is 0 Å². The van der Waals surface area contributed by atoms with E-state index in [1.165, 1.54) is 19.3 Å². The SMILES string of the molecule is COC(=O)/C=C/[C@@H]1CC[C@H](c2ccc(F)c(F)c2)N1. The number of hydrogen-bond donors (Lipinski definition) is 1. The Balaban J connectivity index is 2.00. The van der Waals surface area contributed by atoms with Gasteiger partial charge in [-0.05, 0) is 30.5 Å². The molecule has 19 heavy (non-hydrogen) atoms. The summed E-state index contributed by atoms with van der Waals surface area (Å²) >= 11 is 0. The number of methoxy groups -OCH3 is 1. The summed E-state index contributed by atoms with van der Waals surface area (Å²) in [6, 6.07) is 3.92. The molecule has 1 fully saturated rings. The van der Waals surface area contributed by atoms with Gasteiger partial charge in [-0.25, -0.2) is 13.6 Å². The van der Waals surface area contributed by atoms with Crippen molar-refractivity contribution in [3.05, 3.63) is 47.5 Å². The highest BCUT2D eigenvalue weighted by molar-refractivity contribution is 5.81. The van der Waals surface area contributed by atoms with Gasteiger partial charge in [-0.2, -0.15) is 0 Å². The van der Waals surface area contributed by atoms with E-state index in [1.807, 2.05) is 0 Å². The van der Waals surface area contributed by atoms with Crippen molar-refractivity contribution in [1.29, 1.82) is 0 Å². The van der Waals surface area contributed by atoms with Gasteiger partial charge in [-0.15, -0.1) is 0 Å². The van der Waals surface area contributed by atoms with Gasteiger partial charge in [-0.1, -0.05) is 12.1 Å². The van der Waals surface area contributed by atoms with Gasteiger partial charge >= 0.3 is 5.97 Å². The maximum Gasteiger partial charge on any atom is 0.330 e. The van der Waals surface area contributed by atoms with Crippen molar-refractivity contribution in [3.8, 4) is 0 Å². The van der Waals surface area contributed by atoms with Crippen LogP contribution in [0.2, 0.25) is 0 Å². The Morgan fingerprint density at radius 1 is 1.37 bits per heavy atom. The first-order valence-electron chi connectivity index (χ1n) is 6.07. The van der Waals surface area contributed by atoms with E-state index < -0.39 is 17.6 Å². The smallest absolute Gasteiger partial charge is 0.330 e. The summed E-state index contributed by atoms with van der Waals surface area (Å²) < 4.78 is 30.5. The van der Waals surface area contributed by atoms with E-state index in [0.29, 0.717) is 5.56 Å². The highest BCUT2D eigenvalue weighted by Crippen LogP contribution is 2.27. The topological polar surface area (TPSA) is 38.3 Å². The summed E-state index contributed by atoms with van der Waals surface area (Å²) in [5.74, 6) is -2.09. The molecule has 1 heterocycles. The molecule has 1 aromatic rings. The number of carbonyl (C=O) groups excluding carboxylic acids is 1. The molecule has 2 atom stereocenters. The predicted molar refractivity (Wildman–Crippen MR) is 66.4 cm³/mol. The maximum atomic E-state index is 13.2. The molecule has 5 heteroatoms. The minimum Gasteiger partial charge on any atom is -0.466 e. The minimum absolute atomic E-state index is 0.0256. The van der Waals surface area contributed by atoms with Gasteiger partial charge in [-0.3, -0.25) is 0 Å². The van der Waals surface area contributed by atoms with Gasteiger partial charge in [0.1, 0.15) is 0 Å². The lowest BCUT2D eigenvalue weighted by atomic mass is 10.1. The van der Waals surface area contributed by atoms with E-state index in [2.05, 4.69) is 10.1 Å². The third-order valence-corrected chi connectivity index (χ3v) is 3.19. The quantitative estimate of drug-likeness (QED) is 0.675. The molecule has 0 amide bonds. The molecule has 0 bridgehead atoms. The van der Waals surface area contributed by atoms with Gasteiger partial charge in [0.25, 0.3) is 0 Å². The van der Waals surface area contributed by atoms with E-state index in [1.54, 1.807) is 12.1 Å². The highest BCUT2D eigenvalue weighted by Gasteiger charge is 2.23. The first-order chi connectivity index (χ1) is 9.10. The Morgan fingerprint density at radius 2 is 2.16 bits per heavy atom. The average Bonchev–Trinajstić information content (AvgIpc) is 2.88. The van der Waals surface area contributed by atoms with Crippen LogP contribution >= 0.6 is 0 Å². The van der Waals surface area contributed by atoms with Crippen LogP contribution in [0.4, 0.5) is 8.78 Å². The third-order valence-electron chi connectivity index (χ3n) is 3.19. The monoisotopic (exact) mass is 267 g/mol. The molecule has 0 unspecified atom stereocenters. The molecule has 1 N–H and O–H groups in total. The zero-order valence-corrected chi connectivity index (χ0v) is 10.5. The summed E-state index contributed by atoms with van der Waals surface area (Å²) in [7, 11) is 1.32. The molecular weight excluding hydrogens is 252 g/mol. The van der Waals surface area contributed by atoms with Crippen LogP contribution < -0.4 is 5.32 Å². The number of esters is 1. The molecule has 3 nitrogen and oxygen atoms in total. The molecule has 0 aromatic heterocycles. The van der Waals surface area contributed by atoms with E-state index in [0.717, 1.165) is 18.9 Å². The van der Waals surface area contributed by atoms with Crippen LogP contribution in [-0.2, 0) is 9.53 Å². The van der Waals surface area contributed by atoms with Crippen molar-refractivity contribution in [2.45, 2.75) is 24.9 Å². The molecule has 0 radical (unpaired) electrons. The van der Waals surface area contributed by atoms with Gasteiger partial charge in [0.05, 0.1) is 7.11 Å². The average molecular weight is 267 g/mol. The summed E-state index contributed by atoms with van der Waals surface area (Å²) in [4.78, 5) is 11.0. The predicted octanol–water partition coefficient (Wildman–Crippen LogP) is 2.49. The number of rotatable bonds is 3. The Hall–Kier alpha value is -1.75. The highest BCUT2D eigenvalue weighted by atomic mass is 19.2. The largest absolute Gasteiger partial charge is 0.466 e. The lowest BCUT2D eigenvalue weighted by Crippen LogP contribution is -2.22. The first-order valence-corrected chi connectivity index (χ1v) is 6.07.